The number of aryl methyl sites for hydroxylation is 1. The Balaban J connectivity index is 2.20. The molecule has 1 saturated heterocycles. The Hall–Kier alpha value is -1.84. The number of nitrogens with zero attached hydrogens (tertiary/aromatic N) is 3. The van der Waals surface area contributed by atoms with Crippen molar-refractivity contribution in [1.82, 2.24) is 9.97 Å². The first-order chi connectivity index (χ1) is 8.83. The fourth-order valence-corrected chi connectivity index (χ4v) is 2.36. The molecule has 0 unspecified atom stereocenters. The smallest absolute Gasteiger partial charge is 0.139 e. The van der Waals surface area contributed by atoms with Gasteiger partial charge in [-0.3, -0.25) is 0 Å². The van der Waals surface area contributed by atoms with Gasteiger partial charge in [-0.2, -0.15) is 0 Å². The quantitative estimate of drug-likeness (QED) is 0.829. The van der Waals surface area contributed by atoms with E-state index < -0.39 is 0 Å². The number of rotatable bonds is 3. The highest BCUT2D eigenvalue weighted by Crippen LogP contribution is 2.31. The van der Waals surface area contributed by atoms with Gasteiger partial charge in [-0.25, -0.2) is 9.97 Å². The van der Waals surface area contributed by atoms with E-state index in [9.17, 15) is 0 Å². The van der Waals surface area contributed by atoms with Crippen LogP contribution >= 0.6 is 0 Å². The molecule has 0 saturated carbocycles. The van der Waals surface area contributed by atoms with Gasteiger partial charge in [0, 0.05) is 24.5 Å². The summed E-state index contributed by atoms with van der Waals surface area (Å²) in [7, 11) is 1.71. The van der Waals surface area contributed by atoms with Gasteiger partial charge in [0.1, 0.15) is 17.9 Å². The highest BCUT2D eigenvalue weighted by molar-refractivity contribution is 5.91. The van der Waals surface area contributed by atoms with Crippen molar-refractivity contribution in [3.05, 3.63) is 24.0 Å². The summed E-state index contributed by atoms with van der Waals surface area (Å²) in [6, 6.07) is 4.18. The standard InChI is InChI=1S/C14H17N3O/c1-3-10-7-11-12(8-13(10)18-2)15-9-16-14(11)17-5-4-6-17/h7-9H,3-6H2,1-2H3. The van der Waals surface area contributed by atoms with Crippen LogP contribution in [-0.4, -0.2) is 30.2 Å². The van der Waals surface area contributed by atoms with Crippen LogP contribution in [0.5, 0.6) is 5.75 Å². The summed E-state index contributed by atoms with van der Waals surface area (Å²) >= 11 is 0. The largest absolute Gasteiger partial charge is 0.496 e. The van der Waals surface area contributed by atoms with Crippen molar-refractivity contribution < 1.29 is 4.74 Å². The van der Waals surface area contributed by atoms with E-state index in [1.54, 1.807) is 13.4 Å². The minimum absolute atomic E-state index is 0.915. The van der Waals surface area contributed by atoms with Crippen LogP contribution in [-0.2, 0) is 6.42 Å². The molecule has 0 atom stereocenters. The first-order valence-corrected chi connectivity index (χ1v) is 6.40. The summed E-state index contributed by atoms with van der Waals surface area (Å²) in [4.78, 5) is 11.1. The molecule has 0 spiro atoms. The van der Waals surface area contributed by atoms with Gasteiger partial charge in [0.2, 0.25) is 0 Å². The van der Waals surface area contributed by atoms with E-state index in [0.717, 1.165) is 42.0 Å². The van der Waals surface area contributed by atoms with Gasteiger partial charge in [-0.1, -0.05) is 6.92 Å². The molecule has 1 fully saturated rings. The minimum atomic E-state index is 0.915. The molecule has 0 amide bonds. The summed E-state index contributed by atoms with van der Waals surface area (Å²) in [5.74, 6) is 1.97. The maximum atomic E-state index is 5.41. The molecule has 1 aliphatic rings. The van der Waals surface area contributed by atoms with Crippen LogP contribution in [0.25, 0.3) is 10.9 Å². The van der Waals surface area contributed by atoms with Crippen LogP contribution in [0.15, 0.2) is 18.5 Å². The summed E-state index contributed by atoms with van der Waals surface area (Å²) in [5.41, 5.74) is 2.17. The second-order valence-corrected chi connectivity index (χ2v) is 4.57. The first-order valence-electron chi connectivity index (χ1n) is 6.40. The average Bonchev–Trinajstić information content (AvgIpc) is 2.35. The maximum absolute atomic E-state index is 5.41. The van der Waals surface area contributed by atoms with Crippen molar-refractivity contribution in [2.75, 3.05) is 25.1 Å². The zero-order chi connectivity index (χ0) is 12.5. The van der Waals surface area contributed by atoms with E-state index in [1.807, 2.05) is 6.07 Å². The number of ether oxygens (including phenoxy) is 1. The molecule has 94 valence electrons. The van der Waals surface area contributed by atoms with E-state index in [1.165, 1.54) is 12.0 Å². The predicted molar refractivity (Wildman–Crippen MR) is 72.3 cm³/mol. The number of fused-ring (bicyclic) bond motifs is 1. The van der Waals surface area contributed by atoms with Crippen LogP contribution in [0.3, 0.4) is 0 Å². The summed E-state index contributed by atoms with van der Waals surface area (Å²) in [6.45, 7) is 4.33. The third kappa shape index (κ3) is 1.68. The molecule has 2 heterocycles. The van der Waals surface area contributed by atoms with E-state index in [4.69, 9.17) is 4.74 Å². The van der Waals surface area contributed by atoms with E-state index in [2.05, 4.69) is 27.9 Å². The Morgan fingerprint density at radius 2 is 2.11 bits per heavy atom. The van der Waals surface area contributed by atoms with Gasteiger partial charge in [-0.05, 0) is 24.5 Å². The zero-order valence-corrected chi connectivity index (χ0v) is 10.8. The Morgan fingerprint density at radius 1 is 1.28 bits per heavy atom. The van der Waals surface area contributed by atoms with Crippen LogP contribution in [0, 0.1) is 0 Å². The lowest BCUT2D eigenvalue weighted by molar-refractivity contribution is 0.410. The third-order valence-electron chi connectivity index (χ3n) is 3.55. The van der Waals surface area contributed by atoms with E-state index in [0.29, 0.717) is 0 Å². The molecular formula is C14H17N3O. The molecule has 4 nitrogen and oxygen atoms in total. The number of aromatic nitrogens is 2. The summed E-state index contributed by atoms with van der Waals surface area (Å²) in [6.07, 6.45) is 3.84. The molecule has 1 aliphatic heterocycles. The zero-order valence-electron chi connectivity index (χ0n) is 10.8. The molecule has 2 aromatic rings. The average molecular weight is 243 g/mol. The predicted octanol–water partition coefficient (Wildman–Crippen LogP) is 2.41. The van der Waals surface area contributed by atoms with Gasteiger partial charge in [-0.15, -0.1) is 0 Å². The maximum Gasteiger partial charge on any atom is 0.139 e. The summed E-state index contributed by atoms with van der Waals surface area (Å²) in [5, 5.41) is 1.13. The molecule has 4 heteroatoms. The van der Waals surface area contributed by atoms with Crippen molar-refractivity contribution in [1.29, 1.82) is 0 Å². The second kappa shape index (κ2) is 4.44. The molecule has 18 heavy (non-hydrogen) atoms. The molecule has 1 aromatic heterocycles. The van der Waals surface area contributed by atoms with Crippen molar-refractivity contribution >= 4 is 16.7 Å². The van der Waals surface area contributed by atoms with E-state index in [-0.39, 0.29) is 0 Å². The molecule has 3 rings (SSSR count). The van der Waals surface area contributed by atoms with Gasteiger partial charge in [0.15, 0.2) is 0 Å². The Kier molecular flexibility index (Phi) is 2.78. The van der Waals surface area contributed by atoms with E-state index >= 15 is 0 Å². The Morgan fingerprint density at radius 3 is 2.72 bits per heavy atom. The minimum Gasteiger partial charge on any atom is -0.496 e. The van der Waals surface area contributed by atoms with Crippen molar-refractivity contribution in [2.24, 2.45) is 0 Å². The highest BCUT2D eigenvalue weighted by Gasteiger charge is 2.19. The monoisotopic (exact) mass is 243 g/mol. The van der Waals surface area contributed by atoms with Crippen LogP contribution in [0.4, 0.5) is 5.82 Å². The van der Waals surface area contributed by atoms with Gasteiger partial charge in [0.25, 0.3) is 0 Å². The number of hydrogen-bond acceptors (Lipinski definition) is 4. The first kappa shape index (κ1) is 11.3. The molecule has 0 bridgehead atoms. The summed E-state index contributed by atoms with van der Waals surface area (Å²) < 4.78 is 5.41. The van der Waals surface area contributed by atoms with Crippen molar-refractivity contribution in [3.8, 4) is 5.75 Å². The normalized spacial score (nSPS) is 14.7. The number of methoxy groups -OCH3 is 1. The molecule has 1 aromatic carbocycles. The van der Waals surface area contributed by atoms with Crippen molar-refractivity contribution in [2.45, 2.75) is 19.8 Å². The fourth-order valence-electron chi connectivity index (χ4n) is 2.36. The molecular weight excluding hydrogens is 226 g/mol. The van der Waals surface area contributed by atoms with Crippen molar-refractivity contribution in [3.63, 3.8) is 0 Å². The Labute approximate surface area is 107 Å². The fraction of sp³-hybridized carbons (Fsp3) is 0.429. The number of anilines is 1. The SMILES string of the molecule is CCc1cc2c(N3CCC3)ncnc2cc1OC. The molecule has 0 aliphatic carbocycles. The number of hydrogen-bond donors (Lipinski definition) is 0. The van der Waals surface area contributed by atoms with Crippen LogP contribution in [0.2, 0.25) is 0 Å². The lowest BCUT2D eigenvalue weighted by Crippen LogP contribution is -2.37. The number of benzene rings is 1. The molecule has 0 N–H and O–H groups in total. The van der Waals surface area contributed by atoms with Gasteiger partial charge >= 0.3 is 0 Å². The van der Waals surface area contributed by atoms with Crippen LogP contribution in [0.1, 0.15) is 18.9 Å². The highest BCUT2D eigenvalue weighted by atomic mass is 16.5. The lowest BCUT2D eigenvalue weighted by Gasteiger charge is -2.32. The van der Waals surface area contributed by atoms with Gasteiger partial charge in [0.05, 0.1) is 12.6 Å². The molecule has 0 radical (unpaired) electrons. The Bertz CT molecular complexity index is 579. The van der Waals surface area contributed by atoms with Gasteiger partial charge < -0.3 is 9.64 Å². The lowest BCUT2D eigenvalue weighted by atomic mass is 10.1. The topological polar surface area (TPSA) is 38.2 Å². The van der Waals surface area contributed by atoms with Crippen LogP contribution < -0.4 is 9.64 Å². The third-order valence-corrected chi connectivity index (χ3v) is 3.55. The second-order valence-electron chi connectivity index (χ2n) is 4.57.